The van der Waals surface area contributed by atoms with Crippen molar-refractivity contribution in [3.63, 3.8) is 0 Å². The molecule has 0 aliphatic rings. The molecule has 208 valence electrons. The van der Waals surface area contributed by atoms with Crippen LogP contribution in [0.1, 0.15) is 48.7 Å². The van der Waals surface area contributed by atoms with Gasteiger partial charge in [-0.2, -0.15) is 13.9 Å². The van der Waals surface area contributed by atoms with Gasteiger partial charge in [0.1, 0.15) is 11.3 Å². The van der Waals surface area contributed by atoms with E-state index in [9.17, 15) is 13.2 Å². The summed E-state index contributed by atoms with van der Waals surface area (Å²) in [6, 6.07) is 12.2. The number of halogens is 4. The van der Waals surface area contributed by atoms with Gasteiger partial charge in [-0.15, -0.1) is 0 Å². The largest absolute Gasteiger partial charge is 0.372 e. The van der Waals surface area contributed by atoms with Crippen molar-refractivity contribution >= 4 is 35.3 Å². The molecule has 0 spiro atoms. The first-order valence-corrected chi connectivity index (χ1v) is 12.6. The van der Waals surface area contributed by atoms with Gasteiger partial charge in [0.15, 0.2) is 0 Å². The average Bonchev–Trinajstić information content (AvgIpc) is 3.34. The van der Waals surface area contributed by atoms with Crippen LogP contribution in [-0.2, 0) is 28.9 Å². The molecule has 2 heterocycles. The molecule has 0 radical (unpaired) electrons. The van der Waals surface area contributed by atoms with Gasteiger partial charge in [0.2, 0.25) is 12.8 Å². The Kier molecular flexibility index (Phi) is 12.4. The second-order valence-electron chi connectivity index (χ2n) is 8.54. The van der Waals surface area contributed by atoms with Crippen molar-refractivity contribution in [1.29, 1.82) is 0 Å². The smallest absolute Gasteiger partial charge is 0.333 e. The van der Waals surface area contributed by atoms with Gasteiger partial charge in [0.25, 0.3) is 0 Å². The van der Waals surface area contributed by atoms with Gasteiger partial charge in [-0.1, -0.05) is 24.9 Å². The Morgan fingerprint density at radius 2 is 1.67 bits per heavy atom. The molecule has 4 N–H and O–H groups in total. The second-order valence-corrected chi connectivity index (χ2v) is 8.95. The number of hydrogen-bond donors (Lipinski definition) is 2. The van der Waals surface area contributed by atoms with Gasteiger partial charge in [-0.3, -0.25) is 14.6 Å². The van der Waals surface area contributed by atoms with E-state index in [1.807, 2.05) is 6.07 Å². The molecular formula is C28H31ClF3N5O2. The molecule has 2 aromatic carbocycles. The van der Waals surface area contributed by atoms with Crippen LogP contribution < -0.4 is 11.5 Å². The zero-order chi connectivity index (χ0) is 28.9. The van der Waals surface area contributed by atoms with Crippen LogP contribution in [0.15, 0.2) is 48.7 Å². The number of nitrogens with zero attached hydrogens (tertiary/aromatic N) is 3. The van der Waals surface area contributed by atoms with Crippen LogP contribution in [0.4, 0.5) is 13.2 Å². The number of carbonyl (C=O) groups excluding carboxylic acids is 2. The summed E-state index contributed by atoms with van der Waals surface area (Å²) in [6.45, 7) is 1.53. The van der Waals surface area contributed by atoms with E-state index in [-0.39, 0.29) is 18.6 Å². The van der Waals surface area contributed by atoms with E-state index in [1.165, 1.54) is 29.5 Å². The average molecular weight is 562 g/mol. The lowest BCUT2D eigenvalue weighted by molar-refractivity contribution is -0.107. The van der Waals surface area contributed by atoms with Gasteiger partial charge in [-0.25, -0.2) is 9.07 Å². The van der Waals surface area contributed by atoms with Crippen molar-refractivity contribution in [2.45, 2.75) is 52.5 Å². The first-order valence-electron chi connectivity index (χ1n) is 12.2. The Balaban J connectivity index is 0.000000815. The number of unbranched alkanes of at least 4 members (excludes halogenated alkanes) is 1. The maximum absolute atomic E-state index is 13.5. The molecule has 4 aromatic rings. The fourth-order valence-electron chi connectivity index (χ4n) is 4.10. The molecule has 0 saturated heterocycles. The number of primary amides is 2. The third kappa shape index (κ3) is 8.81. The second kappa shape index (κ2) is 15.5. The first-order chi connectivity index (χ1) is 18.7. The SMILES string of the molecule is CCCCc1c(C)cc(CCc2cc(Cl)c3nn(C(F)F)cc3c2)nc1-c1ccc(F)cc1.NC=O.NC=O. The maximum atomic E-state index is 13.5. The number of benzene rings is 2. The number of nitrogens with two attached hydrogens (primary N) is 2. The fourth-order valence-corrected chi connectivity index (χ4v) is 4.38. The number of amides is 2. The molecule has 0 saturated carbocycles. The van der Waals surface area contributed by atoms with Gasteiger partial charge in [-0.05, 0) is 91.8 Å². The van der Waals surface area contributed by atoms with E-state index >= 15 is 0 Å². The predicted octanol–water partition coefficient (Wildman–Crippen LogP) is 5.93. The fraction of sp³-hybridized carbons (Fsp3) is 0.286. The highest BCUT2D eigenvalue weighted by Gasteiger charge is 2.15. The summed E-state index contributed by atoms with van der Waals surface area (Å²) in [5.74, 6) is -0.274. The van der Waals surface area contributed by atoms with E-state index in [4.69, 9.17) is 26.2 Å². The van der Waals surface area contributed by atoms with Crippen LogP contribution >= 0.6 is 11.6 Å². The van der Waals surface area contributed by atoms with Crippen LogP contribution in [0.5, 0.6) is 0 Å². The number of aryl methyl sites for hydroxylation is 3. The zero-order valence-corrected chi connectivity index (χ0v) is 22.5. The third-order valence-corrected chi connectivity index (χ3v) is 6.10. The third-order valence-electron chi connectivity index (χ3n) is 5.81. The summed E-state index contributed by atoms with van der Waals surface area (Å²) in [6.07, 6.45) is 6.18. The van der Waals surface area contributed by atoms with Crippen molar-refractivity contribution in [1.82, 2.24) is 14.8 Å². The highest BCUT2D eigenvalue weighted by Crippen LogP contribution is 2.29. The number of alkyl halides is 2. The number of fused-ring (bicyclic) bond motifs is 1. The van der Waals surface area contributed by atoms with E-state index in [1.54, 1.807) is 18.2 Å². The molecule has 0 atom stereocenters. The van der Waals surface area contributed by atoms with Gasteiger partial charge in [0, 0.05) is 22.8 Å². The van der Waals surface area contributed by atoms with Crippen molar-refractivity contribution in [3.8, 4) is 11.3 Å². The van der Waals surface area contributed by atoms with Crippen molar-refractivity contribution in [2.75, 3.05) is 0 Å². The Morgan fingerprint density at radius 1 is 1.03 bits per heavy atom. The minimum Gasteiger partial charge on any atom is -0.372 e. The molecule has 7 nitrogen and oxygen atoms in total. The molecule has 0 aliphatic heterocycles. The molecule has 39 heavy (non-hydrogen) atoms. The molecule has 2 amide bonds. The van der Waals surface area contributed by atoms with Crippen LogP contribution in [0, 0.1) is 12.7 Å². The number of rotatable bonds is 8. The maximum Gasteiger partial charge on any atom is 0.333 e. The Labute approximate surface area is 230 Å². The number of pyridine rings is 1. The van der Waals surface area contributed by atoms with Gasteiger partial charge in [0.05, 0.1) is 10.7 Å². The van der Waals surface area contributed by atoms with Crippen molar-refractivity contribution in [3.05, 3.63) is 81.9 Å². The lowest BCUT2D eigenvalue weighted by atomic mass is 9.95. The zero-order valence-electron chi connectivity index (χ0n) is 21.7. The highest BCUT2D eigenvalue weighted by molar-refractivity contribution is 6.35. The summed E-state index contributed by atoms with van der Waals surface area (Å²) < 4.78 is 40.1. The van der Waals surface area contributed by atoms with E-state index in [0.717, 1.165) is 41.8 Å². The molecule has 0 unspecified atom stereocenters. The van der Waals surface area contributed by atoms with E-state index < -0.39 is 6.55 Å². The van der Waals surface area contributed by atoms with E-state index in [2.05, 4.69) is 36.5 Å². The lowest BCUT2D eigenvalue weighted by Gasteiger charge is -2.15. The summed E-state index contributed by atoms with van der Waals surface area (Å²) in [5, 5.41) is 4.81. The molecule has 11 heteroatoms. The summed E-state index contributed by atoms with van der Waals surface area (Å²) in [7, 11) is 0. The topological polar surface area (TPSA) is 117 Å². The minimum absolute atomic E-state index is 0.250. The Hall–Kier alpha value is -3.92. The highest BCUT2D eigenvalue weighted by atomic mass is 35.5. The molecular weight excluding hydrogens is 531 g/mol. The first kappa shape index (κ1) is 31.3. The van der Waals surface area contributed by atoms with Crippen LogP contribution in [0.25, 0.3) is 22.2 Å². The van der Waals surface area contributed by atoms with Crippen LogP contribution in [0.3, 0.4) is 0 Å². The van der Waals surface area contributed by atoms with Gasteiger partial charge >= 0.3 is 6.55 Å². The summed E-state index contributed by atoms with van der Waals surface area (Å²) in [5.41, 5.74) is 14.7. The van der Waals surface area contributed by atoms with Crippen molar-refractivity contribution in [2.24, 2.45) is 11.5 Å². The lowest BCUT2D eigenvalue weighted by Crippen LogP contribution is -2.03. The predicted molar refractivity (Wildman–Crippen MR) is 147 cm³/mol. The normalized spacial score (nSPS) is 10.4. The summed E-state index contributed by atoms with van der Waals surface area (Å²) >= 11 is 6.31. The molecule has 2 aromatic heterocycles. The standard InChI is InChI=1S/C26H25ClF3N3.2CH3NO/c1-3-4-5-22-16(2)12-21(31-24(22)18-7-9-20(28)10-8-18)11-6-17-13-19-15-33(26(29)30)32-25(19)23(27)14-17;2*2-1-3/h7-10,12-15,26H,3-6,11H2,1-2H3;2*1H,(H2,2,3). The molecule has 4 rings (SSSR count). The number of aromatic nitrogens is 3. The quantitative estimate of drug-likeness (QED) is 0.259. The number of hydrogen-bond acceptors (Lipinski definition) is 4. The van der Waals surface area contributed by atoms with E-state index in [0.29, 0.717) is 33.4 Å². The Morgan fingerprint density at radius 3 is 2.26 bits per heavy atom. The number of carbonyl (C=O) groups is 2. The molecule has 0 fully saturated rings. The molecule has 0 aliphatic carbocycles. The van der Waals surface area contributed by atoms with Gasteiger partial charge < -0.3 is 11.5 Å². The monoisotopic (exact) mass is 561 g/mol. The summed E-state index contributed by atoms with van der Waals surface area (Å²) in [4.78, 5) is 22.1. The minimum atomic E-state index is -2.71. The van der Waals surface area contributed by atoms with Crippen molar-refractivity contribution < 1.29 is 22.8 Å². The van der Waals surface area contributed by atoms with Crippen LogP contribution in [0.2, 0.25) is 5.02 Å². The molecule has 0 bridgehead atoms. The Bertz CT molecular complexity index is 1370. The van der Waals surface area contributed by atoms with Crippen LogP contribution in [-0.4, -0.2) is 27.6 Å².